The van der Waals surface area contributed by atoms with Crippen LogP contribution >= 0.6 is 0 Å². The summed E-state index contributed by atoms with van der Waals surface area (Å²) in [6.07, 6.45) is 12.7. The summed E-state index contributed by atoms with van der Waals surface area (Å²) < 4.78 is 31.7. The van der Waals surface area contributed by atoms with Gasteiger partial charge in [-0.05, 0) is 63.6 Å². The minimum Gasteiger partial charge on any atom is -0.390 e. The van der Waals surface area contributed by atoms with Crippen LogP contribution in [0.5, 0.6) is 0 Å². The first-order valence-electron chi connectivity index (χ1n) is 15.4. The smallest absolute Gasteiger partial charge is 0.256 e. The maximum absolute atomic E-state index is 12.6. The molecule has 7 rings (SSSR count). The number of pyridine rings is 2. The Kier molecular flexibility index (Phi) is 7.88. The lowest BCUT2D eigenvalue weighted by molar-refractivity contribution is 0.0196. The van der Waals surface area contributed by atoms with E-state index in [0.29, 0.717) is 49.1 Å². The van der Waals surface area contributed by atoms with E-state index >= 15 is 0 Å². The van der Waals surface area contributed by atoms with Crippen LogP contribution in [0.1, 0.15) is 45.4 Å². The molecular weight excluding hydrogens is 594 g/mol. The number of hydrogen-bond acceptors (Lipinski definition) is 12. The first kappa shape index (κ1) is 29.6. The van der Waals surface area contributed by atoms with E-state index < -0.39 is 15.6 Å². The first-order chi connectivity index (χ1) is 21.7. The van der Waals surface area contributed by atoms with E-state index in [1.165, 1.54) is 12.4 Å². The van der Waals surface area contributed by atoms with Crippen LogP contribution in [-0.4, -0.2) is 85.8 Å². The number of anilines is 4. The Hall–Kier alpha value is -4.14. The molecule has 14 heteroatoms. The number of nitrogens with zero attached hydrogens (tertiary/aromatic N) is 7. The summed E-state index contributed by atoms with van der Waals surface area (Å²) in [6.45, 7) is 5.00. The lowest BCUT2D eigenvalue weighted by Crippen LogP contribution is -2.36. The third kappa shape index (κ3) is 6.63. The Balaban J connectivity index is 1.14. The molecule has 45 heavy (non-hydrogen) atoms. The highest BCUT2D eigenvalue weighted by molar-refractivity contribution is 7.90. The zero-order chi connectivity index (χ0) is 31.0. The number of hydrogen-bond donors (Lipinski definition) is 3. The van der Waals surface area contributed by atoms with E-state index in [1.807, 2.05) is 25.3 Å². The van der Waals surface area contributed by atoms with Crippen molar-refractivity contribution in [1.29, 1.82) is 0 Å². The fourth-order valence-corrected chi connectivity index (χ4v) is 7.26. The molecule has 1 saturated heterocycles. The minimum absolute atomic E-state index is 0.195. The van der Waals surface area contributed by atoms with Crippen molar-refractivity contribution >= 4 is 33.0 Å². The third-order valence-electron chi connectivity index (χ3n) is 8.66. The van der Waals surface area contributed by atoms with Gasteiger partial charge < -0.3 is 25.4 Å². The van der Waals surface area contributed by atoms with Crippen molar-refractivity contribution in [3.05, 3.63) is 55.2 Å². The monoisotopic (exact) mass is 631 g/mol. The molecule has 0 radical (unpaired) electrons. The van der Waals surface area contributed by atoms with E-state index in [4.69, 9.17) is 14.7 Å². The molecule has 0 spiro atoms. The van der Waals surface area contributed by atoms with Gasteiger partial charge in [0.1, 0.15) is 11.6 Å². The Morgan fingerprint density at radius 3 is 2.51 bits per heavy atom. The van der Waals surface area contributed by atoms with Crippen molar-refractivity contribution < 1.29 is 18.3 Å². The standard InChI is InChI=1S/C31H37N9O4S/c1-31(41)9-6-22(7-10-31)36-27-16-29(34-19-25(27)26-5-2-23(18-33-26)39-12-14-44-15-13-39)37-28-8-11-32-30(38-28)21-17-35-40(20-21)45(42,43)24-3-4-24/h2,5,8,11,16-20,22,24,41H,3-4,6-7,9-10,12-15H2,1H3,(H2,32,34,36,37,38). The number of ether oxygens (including phenoxy) is 1. The zero-order valence-electron chi connectivity index (χ0n) is 25.1. The number of aliphatic hydroxyl groups is 1. The van der Waals surface area contributed by atoms with Gasteiger partial charge in [-0.25, -0.2) is 23.4 Å². The molecule has 0 amide bonds. The molecule has 2 aliphatic carbocycles. The summed E-state index contributed by atoms with van der Waals surface area (Å²) in [7, 11) is -3.48. The molecular formula is C31H37N9O4S. The first-order valence-corrected chi connectivity index (χ1v) is 16.9. The Bertz CT molecular complexity index is 1760. The SMILES string of the molecule is CC1(O)CCC(Nc2cc(Nc3ccnc(-c4cnn(S(=O)(=O)C5CC5)c4)n3)ncc2-c2ccc(N3CCOCC3)cn2)CC1. The molecule has 4 aromatic heterocycles. The van der Waals surface area contributed by atoms with Gasteiger partial charge in [-0.1, -0.05) is 0 Å². The maximum atomic E-state index is 12.6. The number of aromatic nitrogens is 6. The molecule has 0 aromatic carbocycles. The predicted octanol–water partition coefficient (Wildman–Crippen LogP) is 3.82. The lowest BCUT2D eigenvalue weighted by atomic mass is 9.83. The highest BCUT2D eigenvalue weighted by Crippen LogP contribution is 2.35. The van der Waals surface area contributed by atoms with Crippen LogP contribution in [0.15, 0.2) is 55.2 Å². The largest absolute Gasteiger partial charge is 0.390 e. The summed E-state index contributed by atoms with van der Waals surface area (Å²) in [5.41, 5.74) is 3.50. The molecule has 236 valence electrons. The van der Waals surface area contributed by atoms with Gasteiger partial charge in [-0.3, -0.25) is 4.98 Å². The van der Waals surface area contributed by atoms with E-state index in [2.05, 4.69) is 36.7 Å². The Morgan fingerprint density at radius 1 is 0.978 bits per heavy atom. The molecule has 3 aliphatic rings. The van der Waals surface area contributed by atoms with Crippen LogP contribution in [0.3, 0.4) is 0 Å². The molecule has 1 aliphatic heterocycles. The van der Waals surface area contributed by atoms with Gasteiger partial charge in [0.2, 0.25) is 0 Å². The average Bonchev–Trinajstić information content (AvgIpc) is 3.80. The second kappa shape index (κ2) is 12.0. The van der Waals surface area contributed by atoms with E-state index in [1.54, 1.807) is 18.5 Å². The van der Waals surface area contributed by atoms with Gasteiger partial charge in [0.15, 0.2) is 5.82 Å². The van der Waals surface area contributed by atoms with Crippen LogP contribution in [0.2, 0.25) is 0 Å². The minimum atomic E-state index is -3.48. The lowest BCUT2D eigenvalue weighted by Gasteiger charge is -2.34. The van der Waals surface area contributed by atoms with Crippen molar-refractivity contribution in [3.63, 3.8) is 0 Å². The molecule has 0 unspecified atom stereocenters. The van der Waals surface area contributed by atoms with Crippen molar-refractivity contribution in [3.8, 4) is 22.6 Å². The van der Waals surface area contributed by atoms with Crippen LogP contribution in [0.25, 0.3) is 22.6 Å². The van der Waals surface area contributed by atoms with Gasteiger partial charge in [-0.2, -0.15) is 9.19 Å². The molecule has 3 fully saturated rings. The number of nitrogens with one attached hydrogen (secondary N) is 2. The maximum Gasteiger partial charge on any atom is 0.256 e. The highest BCUT2D eigenvalue weighted by atomic mass is 32.2. The van der Waals surface area contributed by atoms with Crippen molar-refractivity contribution in [2.45, 2.75) is 62.3 Å². The molecule has 4 aromatic rings. The van der Waals surface area contributed by atoms with E-state index in [0.717, 1.165) is 65.5 Å². The predicted molar refractivity (Wildman–Crippen MR) is 171 cm³/mol. The Morgan fingerprint density at radius 2 is 1.78 bits per heavy atom. The third-order valence-corrected chi connectivity index (χ3v) is 10.7. The van der Waals surface area contributed by atoms with Gasteiger partial charge in [-0.15, -0.1) is 0 Å². The quantitative estimate of drug-likeness (QED) is 0.245. The van der Waals surface area contributed by atoms with Crippen molar-refractivity contribution in [2.24, 2.45) is 0 Å². The van der Waals surface area contributed by atoms with E-state index in [9.17, 15) is 13.5 Å². The van der Waals surface area contributed by atoms with Crippen molar-refractivity contribution in [2.75, 3.05) is 41.8 Å². The van der Waals surface area contributed by atoms with Gasteiger partial charge in [0.25, 0.3) is 10.0 Å². The molecule has 5 heterocycles. The van der Waals surface area contributed by atoms with Crippen LogP contribution < -0.4 is 15.5 Å². The molecule has 13 nitrogen and oxygen atoms in total. The second-order valence-corrected chi connectivity index (χ2v) is 14.3. The van der Waals surface area contributed by atoms with Gasteiger partial charge in [0.05, 0.1) is 59.6 Å². The summed E-state index contributed by atoms with van der Waals surface area (Å²) in [5, 5.41) is 21.2. The summed E-state index contributed by atoms with van der Waals surface area (Å²) in [6, 6.07) is 7.98. The number of morpholine rings is 1. The highest BCUT2D eigenvalue weighted by Gasteiger charge is 2.37. The van der Waals surface area contributed by atoms with Gasteiger partial charge in [0, 0.05) is 48.8 Å². The summed E-state index contributed by atoms with van der Waals surface area (Å²) in [5.74, 6) is 1.43. The van der Waals surface area contributed by atoms with Crippen LogP contribution in [0.4, 0.5) is 23.0 Å². The van der Waals surface area contributed by atoms with Gasteiger partial charge >= 0.3 is 0 Å². The topological polar surface area (TPSA) is 160 Å². The average molecular weight is 632 g/mol. The normalized spacial score (nSPS) is 22.3. The molecule has 0 bridgehead atoms. The fraction of sp³-hybridized carbons (Fsp3) is 0.452. The molecule has 0 atom stereocenters. The molecule has 3 N–H and O–H groups in total. The number of rotatable bonds is 9. The van der Waals surface area contributed by atoms with Crippen LogP contribution in [0, 0.1) is 0 Å². The summed E-state index contributed by atoms with van der Waals surface area (Å²) >= 11 is 0. The fourth-order valence-electron chi connectivity index (χ4n) is 5.78. The molecule has 2 saturated carbocycles. The van der Waals surface area contributed by atoms with Crippen molar-refractivity contribution in [1.82, 2.24) is 29.1 Å². The summed E-state index contributed by atoms with van der Waals surface area (Å²) in [4.78, 5) is 20.7. The zero-order valence-corrected chi connectivity index (χ0v) is 25.9. The second-order valence-electron chi connectivity index (χ2n) is 12.3. The van der Waals surface area contributed by atoms with E-state index in [-0.39, 0.29) is 11.3 Å². The van der Waals surface area contributed by atoms with Crippen LogP contribution in [-0.2, 0) is 14.8 Å². The Labute approximate surface area is 262 Å².